The number of hydrogen-bond acceptors (Lipinski definition) is 5. The molecule has 0 amide bonds. The van der Waals surface area contributed by atoms with Crippen molar-refractivity contribution in [2.24, 2.45) is 0 Å². The molecule has 4 nitrogen and oxygen atoms in total. The van der Waals surface area contributed by atoms with Gasteiger partial charge in [-0.25, -0.2) is 0 Å². The smallest absolute Gasteiger partial charge is 0.298 e. The van der Waals surface area contributed by atoms with Crippen LogP contribution in [0.25, 0.3) is 0 Å². The first-order valence-electron chi connectivity index (χ1n) is 4.03. The van der Waals surface area contributed by atoms with Gasteiger partial charge in [-0.3, -0.25) is 0 Å². The van der Waals surface area contributed by atoms with Gasteiger partial charge in [0.15, 0.2) is 0 Å². The fourth-order valence-electron chi connectivity index (χ4n) is 1.02. The number of benzene rings is 1. The van der Waals surface area contributed by atoms with E-state index in [1.807, 2.05) is 12.1 Å². The van der Waals surface area contributed by atoms with Crippen molar-refractivity contribution in [3.8, 4) is 10.9 Å². The molecule has 0 bridgehead atoms. The second-order valence-electron chi connectivity index (χ2n) is 2.61. The minimum atomic E-state index is 0.00726. The largest absolute Gasteiger partial charge is 0.430 e. The first kappa shape index (κ1) is 9.11. The van der Waals surface area contributed by atoms with Crippen molar-refractivity contribution in [2.45, 2.75) is 6.61 Å². The maximum absolute atomic E-state index is 8.91. The molecule has 5 heteroatoms. The van der Waals surface area contributed by atoms with Crippen molar-refractivity contribution in [1.29, 1.82) is 0 Å². The van der Waals surface area contributed by atoms with Gasteiger partial charge >= 0.3 is 0 Å². The molecule has 14 heavy (non-hydrogen) atoms. The summed E-state index contributed by atoms with van der Waals surface area (Å²) in [6, 6.07) is 7.22. The summed E-state index contributed by atoms with van der Waals surface area (Å²) in [5.74, 6) is 0.660. The molecule has 0 saturated heterocycles. The fourth-order valence-corrected chi connectivity index (χ4v) is 1.43. The molecule has 0 unspecified atom stereocenters. The van der Waals surface area contributed by atoms with E-state index in [9.17, 15) is 0 Å². The van der Waals surface area contributed by atoms with Gasteiger partial charge in [0.2, 0.25) is 0 Å². The van der Waals surface area contributed by atoms with Gasteiger partial charge in [-0.05, 0) is 17.7 Å². The lowest BCUT2D eigenvalue weighted by molar-refractivity contribution is 0.281. The quantitative estimate of drug-likeness (QED) is 0.836. The van der Waals surface area contributed by atoms with Crippen LogP contribution in [0.5, 0.6) is 10.9 Å². The van der Waals surface area contributed by atoms with E-state index >= 15 is 0 Å². The molecule has 0 atom stereocenters. The lowest BCUT2D eigenvalue weighted by Gasteiger charge is -2.02. The van der Waals surface area contributed by atoms with Gasteiger partial charge in [0.1, 0.15) is 12.1 Å². The van der Waals surface area contributed by atoms with Crippen LogP contribution in [-0.2, 0) is 6.61 Å². The molecular formula is C9H8N2O2S. The van der Waals surface area contributed by atoms with Gasteiger partial charge in [-0.15, -0.1) is 0 Å². The lowest BCUT2D eigenvalue weighted by atomic mass is 10.2. The molecule has 0 fully saturated rings. The summed E-state index contributed by atoms with van der Waals surface area (Å²) >= 11 is 1.19. The Bertz CT molecular complexity index is 403. The summed E-state index contributed by atoms with van der Waals surface area (Å²) < 4.78 is 9.21. The highest BCUT2D eigenvalue weighted by atomic mass is 32.1. The van der Waals surface area contributed by atoms with Crippen molar-refractivity contribution in [3.05, 3.63) is 36.2 Å². The Labute approximate surface area is 85.0 Å². The SMILES string of the molecule is OCc1cccc(Oc2ncns2)c1. The van der Waals surface area contributed by atoms with Gasteiger partial charge in [0, 0.05) is 11.5 Å². The van der Waals surface area contributed by atoms with Crippen molar-refractivity contribution >= 4 is 11.5 Å². The predicted octanol–water partition coefficient (Wildman–Crippen LogP) is 1.82. The minimum Gasteiger partial charge on any atom is -0.430 e. The highest BCUT2D eigenvalue weighted by Gasteiger charge is 2.00. The van der Waals surface area contributed by atoms with Crippen molar-refractivity contribution < 1.29 is 9.84 Å². The van der Waals surface area contributed by atoms with Crippen LogP contribution in [0.1, 0.15) is 5.56 Å². The fraction of sp³-hybridized carbons (Fsp3) is 0.111. The second-order valence-corrected chi connectivity index (χ2v) is 3.36. The Balaban J connectivity index is 2.17. The van der Waals surface area contributed by atoms with Crippen LogP contribution >= 0.6 is 11.5 Å². The highest BCUT2D eigenvalue weighted by molar-refractivity contribution is 7.07. The van der Waals surface area contributed by atoms with E-state index in [4.69, 9.17) is 9.84 Å². The van der Waals surface area contributed by atoms with Crippen LogP contribution in [0.2, 0.25) is 0 Å². The maximum atomic E-state index is 8.91. The molecule has 0 saturated carbocycles. The summed E-state index contributed by atoms with van der Waals surface area (Å²) in [4.78, 5) is 3.89. The molecule has 2 aromatic rings. The maximum Gasteiger partial charge on any atom is 0.298 e. The van der Waals surface area contributed by atoms with Gasteiger partial charge in [0.25, 0.3) is 5.19 Å². The number of aliphatic hydroxyl groups excluding tert-OH is 1. The van der Waals surface area contributed by atoms with Gasteiger partial charge in [-0.1, -0.05) is 12.1 Å². The normalized spacial score (nSPS) is 10.1. The van der Waals surface area contributed by atoms with Gasteiger partial charge in [0.05, 0.1) is 6.61 Å². The molecule has 1 aromatic carbocycles. The lowest BCUT2D eigenvalue weighted by Crippen LogP contribution is -1.86. The molecule has 0 spiro atoms. The zero-order valence-electron chi connectivity index (χ0n) is 7.25. The van der Waals surface area contributed by atoms with Crippen LogP contribution in [-0.4, -0.2) is 14.5 Å². The molecule has 0 aliphatic carbocycles. The van der Waals surface area contributed by atoms with E-state index in [0.717, 1.165) is 5.56 Å². The summed E-state index contributed by atoms with van der Waals surface area (Å²) in [6.45, 7) is 0.00726. The Morgan fingerprint density at radius 1 is 1.43 bits per heavy atom. The van der Waals surface area contributed by atoms with Crippen LogP contribution in [0.4, 0.5) is 0 Å². The molecular weight excluding hydrogens is 200 g/mol. The van der Waals surface area contributed by atoms with Crippen LogP contribution in [0.15, 0.2) is 30.6 Å². The Kier molecular flexibility index (Phi) is 2.71. The average molecular weight is 208 g/mol. The molecule has 0 radical (unpaired) electrons. The van der Waals surface area contributed by atoms with Gasteiger partial charge < -0.3 is 9.84 Å². The molecule has 1 N–H and O–H groups in total. The average Bonchev–Trinajstić information content (AvgIpc) is 2.71. The standard InChI is InChI=1S/C9H8N2O2S/c12-5-7-2-1-3-8(4-7)13-9-10-6-11-14-9/h1-4,6,12H,5H2. The number of aliphatic hydroxyl groups is 1. The molecule has 2 rings (SSSR count). The van der Waals surface area contributed by atoms with Crippen LogP contribution in [0.3, 0.4) is 0 Å². The molecule has 0 aliphatic heterocycles. The number of ether oxygens (including phenoxy) is 1. The van der Waals surface area contributed by atoms with E-state index in [1.54, 1.807) is 12.1 Å². The third-order valence-corrected chi connectivity index (χ3v) is 2.17. The number of nitrogens with zero attached hydrogens (tertiary/aromatic N) is 2. The predicted molar refractivity (Wildman–Crippen MR) is 52.3 cm³/mol. The van der Waals surface area contributed by atoms with Crippen LogP contribution in [0, 0.1) is 0 Å². The second kappa shape index (κ2) is 4.17. The van der Waals surface area contributed by atoms with Crippen molar-refractivity contribution in [1.82, 2.24) is 9.36 Å². The number of aromatic nitrogens is 2. The first-order valence-corrected chi connectivity index (χ1v) is 4.80. The first-order chi connectivity index (χ1) is 6.88. The Morgan fingerprint density at radius 3 is 3.07 bits per heavy atom. The highest BCUT2D eigenvalue weighted by Crippen LogP contribution is 2.22. The van der Waals surface area contributed by atoms with E-state index < -0.39 is 0 Å². The van der Waals surface area contributed by atoms with E-state index in [1.165, 1.54) is 17.9 Å². The molecule has 1 heterocycles. The third kappa shape index (κ3) is 2.07. The zero-order valence-corrected chi connectivity index (χ0v) is 8.07. The van der Waals surface area contributed by atoms with E-state index in [-0.39, 0.29) is 6.61 Å². The summed E-state index contributed by atoms with van der Waals surface area (Å²) in [6.07, 6.45) is 1.44. The zero-order chi connectivity index (χ0) is 9.80. The van der Waals surface area contributed by atoms with Gasteiger partial charge in [-0.2, -0.15) is 9.36 Å². The summed E-state index contributed by atoms with van der Waals surface area (Å²) in [7, 11) is 0. The molecule has 0 aliphatic rings. The molecule has 1 aromatic heterocycles. The molecule has 72 valence electrons. The van der Waals surface area contributed by atoms with E-state index in [2.05, 4.69) is 9.36 Å². The Hall–Kier alpha value is -1.46. The topological polar surface area (TPSA) is 55.2 Å². The number of rotatable bonds is 3. The van der Waals surface area contributed by atoms with E-state index in [0.29, 0.717) is 10.9 Å². The van der Waals surface area contributed by atoms with Crippen molar-refractivity contribution in [2.75, 3.05) is 0 Å². The summed E-state index contributed by atoms with van der Waals surface area (Å²) in [5, 5.41) is 9.41. The minimum absolute atomic E-state index is 0.00726. The van der Waals surface area contributed by atoms with Crippen molar-refractivity contribution in [3.63, 3.8) is 0 Å². The number of hydrogen-bond donors (Lipinski definition) is 1. The monoisotopic (exact) mass is 208 g/mol. The van der Waals surface area contributed by atoms with Crippen LogP contribution < -0.4 is 4.74 Å². The third-order valence-electron chi connectivity index (χ3n) is 1.63. The summed E-state index contributed by atoms with van der Waals surface area (Å²) in [5.41, 5.74) is 0.812. The Morgan fingerprint density at radius 2 is 2.36 bits per heavy atom.